The van der Waals surface area contributed by atoms with Crippen LogP contribution in [0.1, 0.15) is 21.6 Å². The van der Waals surface area contributed by atoms with Crippen LogP contribution in [-0.2, 0) is 6.54 Å². The molecule has 0 saturated heterocycles. The third-order valence-corrected chi connectivity index (χ3v) is 6.13. The van der Waals surface area contributed by atoms with Crippen LogP contribution >= 0.6 is 0 Å². The molecule has 0 saturated carbocycles. The van der Waals surface area contributed by atoms with Gasteiger partial charge < -0.3 is 30.2 Å². The summed E-state index contributed by atoms with van der Waals surface area (Å²) in [7, 11) is 4.47. The first kappa shape index (κ1) is 25.5. The Kier molecular flexibility index (Phi) is 7.60. The molecule has 8 heteroatoms. The Morgan fingerprint density at radius 3 is 2.05 bits per heavy atom. The number of hydrogen-bond donors (Lipinski definition) is 3. The molecule has 0 aliphatic carbocycles. The van der Waals surface area contributed by atoms with Crippen LogP contribution in [0, 0.1) is 0 Å². The molecular formula is C29H29N2O6+. The minimum atomic E-state index is -0.197. The van der Waals surface area contributed by atoms with Gasteiger partial charge in [-0.1, -0.05) is 0 Å². The average molecular weight is 502 g/mol. The number of rotatable bonds is 9. The van der Waals surface area contributed by atoms with Crippen LogP contribution in [0.15, 0.2) is 54.6 Å². The molecule has 0 unspecified atom stereocenters. The quantitative estimate of drug-likeness (QED) is 0.233. The Hall–Kier alpha value is -4.56. The number of aldehydes is 1. The Balaban J connectivity index is 1.84. The minimum absolute atomic E-state index is 0.120. The lowest BCUT2D eigenvalue weighted by Gasteiger charge is -2.14. The van der Waals surface area contributed by atoms with Crippen molar-refractivity contribution in [1.82, 2.24) is 0 Å². The molecule has 0 bridgehead atoms. The highest BCUT2D eigenvalue weighted by atomic mass is 16.5. The molecule has 0 radical (unpaired) electrons. The summed E-state index contributed by atoms with van der Waals surface area (Å²) in [6.45, 7) is 1.07. The number of fused-ring (bicyclic) bond motifs is 1. The van der Waals surface area contributed by atoms with Crippen LogP contribution < -0.4 is 24.5 Å². The number of pyridine rings is 1. The molecule has 4 N–H and O–H groups in total. The summed E-state index contributed by atoms with van der Waals surface area (Å²) in [4.78, 5) is 11.5. The Morgan fingerprint density at radius 1 is 0.811 bits per heavy atom. The highest BCUT2D eigenvalue weighted by molar-refractivity contribution is 5.88. The maximum Gasteiger partial charge on any atom is 0.213 e. The fourth-order valence-corrected chi connectivity index (χ4v) is 4.29. The highest BCUT2D eigenvalue weighted by Crippen LogP contribution is 2.45. The van der Waals surface area contributed by atoms with Gasteiger partial charge in [0.1, 0.15) is 12.0 Å². The van der Waals surface area contributed by atoms with E-state index < -0.39 is 0 Å². The molecule has 0 amide bonds. The Morgan fingerprint density at radius 2 is 1.46 bits per heavy atom. The number of phenolic OH excluding ortho intramolecular Hbond substituents is 2. The van der Waals surface area contributed by atoms with Crippen molar-refractivity contribution in [2.75, 3.05) is 27.9 Å². The van der Waals surface area contributed by atoms with Gasteiger partial charge >= 0.3 is 0 Å². The van der Waals surface area contributed by atoms with Gasteiger partial charge in [0.05, 0.1) is 33.3 Å². The Labute approximate surface area is 214 Å². The van der Waals surface area contributed by atoms with E-state index in [1.807, 2.05) is 42.5 Å². The first-order chi connectivity index (χ1) is 17.9. The van der Waals surface area contributed by atoms with Crippen molar-refractivity contribution in [3.8, 4) is 39.9 Å². The molecule has 0 atom stereocenters. The summed E-state index contributed by atoms with van der Waals surface area (Å²) >= 11 is 0. The highest BCUT2D eigenvalue weighted by Gasteiger charge is 2.19. The van der Waals surface area contributed by atoms with E-state index in [0.717, 1.165) is 22.3 Å². The summed E-state index contributed by atoms with van der Waals surface area (Å²) in [5.41, 5.74) is 9.37. The number of aromatic nitrogens is 1. The van der Waals surface area contributed by atoms with Gasteiger partial charge in [-0.25, -0.2) is 0 Å². The van der Waals surface area contributed by atoms with Gasteiger partial charge in [-0.15, -0.1) is 0 Å². The van der Waals surface area contributed by atoms with E-state index in [-0.39, 0.29) is 28.6 Å². The molecule has 0 fully saturated rings. The fourth-order valence-electron chi connectivity index (χ4n) is 4.29. The molecule has 4 aromatic rings. The van der Waals surface area contributed by atoms with Crippen molar-refractivity contribution in [2.45, 2.75) is 6.54 Å². The lowest BCUT2D eigenvalue weighted by Crippen LogP contribution is -2.41. The molecule has 1 aromatic heterocycles. The monoisotopic (exact) mass is 501 g/mol. The predicted molar refractivity (Wildman–Crippen MR) is 142 cm³/mol. The van der Waals surface area contributed by atoms with E-state index in [1.54, 1.807) is 19.2 Å². The standard InChI is InChI=1S/C29H28N2O6/c1-35-22-8-9-25-20(16-22)5-7-21(31(25)11-10-30)6-4-18-12-23(28(33)26(14-18)36-2)24-13-19(17-32)15-27(37-3)29(24)34/h4-9,12-17H,10-11,30H2,1-3H3,(H,32,34)/p+1. The second-order valence-electron chi connectivity index (χ2n) is 8.31. The molecule has 1 heterocycles. The number of carbonyl (C=O) groups excluding carboxylic acids is 1. The number of phenols is 2. The molecule has 37 heavy (non-hydrogen) atoms. The number of aromatic hydroxyl groups is 2. The van der Waals surface area contributed by atoms with E-state index in [0.29, 0.717) is 36.1 Å². The largest absolute Gasteiger partial charge is 0.504 e. The summed E-state index contributed by atoms with van der Waals surface area (Å²) in [5, 5.41) is 22.6. The predicted octanol–water partition coefficient (Wildman–Crippen LogP) is 4.17. The number of hydrogen-bond acceptors (Lipinski definition) is 7. The van der Waals surface area contributed by atoms with Crippen molar-refractivity contribution >= 4 is 29.3 Å². The number of methoxy groups -OCH3 is 3. The zero-order valence-corrected chi connectivity index (χ0v) is 20.9. The van der Waals surface area contributed by atoms with Crippen LogP contribution in [0.4, 0.5) is 0 Å². The number of nitrogens with two attached hydrogens (primary N) is 1. The van der Waals surface area contributed by atoms with Crippen LogP contribution in [-0.4, -0.2) is 44.4 Å². The number of ether oxygens (including phenoxy) is 3. The van der Waals surface area contributed by atoms with Crippen molar-refractivity contribution in [3.05, 3.63) is 71.4 Å². The second-order valence-corrected chi connectivity index (χ2v) is 8.31. The van der Waals surface area contributed by atoms with Crippen LogP contribution in [0.5, 0.6) is 28.7 Å². The first-order valence-corrected chi connectivity index (χ1v) is 11.6. The zero-order chi connectivity index (χ0) is 26.5. The van der Waals surface area contributed by atoms with E-state index in [9.17, 15) is 15.0 Å². The molecule has 190 valence electrons. The normalized spacial score (nSPS) is 11.1. The van der Waals surface area contributed by atoms with E-state index in [1.165, 1.54) is 26.4 Å². The molecule has 3 aromatic carbocycles. The zero-order valence-electron chi connectivity index (χ0n) is 20.9. The number of benzene rings is 3. The van der Waals surface area contributed by atoms with Crippen molar-refractivity contribution in [1.29, 1.82) is 0 Å². The van der Waals surface area contributed by atoms with Gasteiger partial charge in [-0.3, -0.25) is 4.79 Å². The molecule has 8 nitrogen and oxygen atoms in total. The summed E-state index contributed by atoms with van der Waals surface area (Å²) in [6.07, 6.45) is 4.47. The minimum Gasteiger partial charge on any atom is -0.504 e. The van der Waals surface area contributed by atoms with Crippen LogP contribution in [0.2, 0.25) is 0 Å². The van der Waals surface area contributed by atoms with Crippen LogP contribution in [0.25, 0.3) is 34.2 Å². The number of carbonyl (C=O) groups is 1. The van der Waals surface area contributed by atoms with Gasteiger partial charge in [0.2, 0.25) is 11.2 Å². The van der Waals surface area contributed by atoms with E-state index >= 15 is 0 Å². The third kappa shape index (κ3) is 5.05. The number of nitrogens with zero attached hydrogens (tertiary/aromatic N) is 1. The summed E-state index contributed by atoms with van der Waals surface area (Å²) in [5.74, 6) is 0.745. The maximum absolute atomic E-state index is 11.5. The van der Waals surface area contributed by atoms with Gasteiger partial charge in [-0.05, 0) is 54.1 Å². The molecule has 0 aliphatic heterocycles. The van der Waals surface area contributed by atoms with Gasteiger partial charge in [0.15, 0.2) is 29.5 Å². The third-order valence-electron chi connectivity index (χ3n) is 6.13. The maximum atomic E-state index is 11.5. The van der Waals surface area contributed by atoms with Gasteiger partial charge in [0.25, 0.3) is 0 Å². The van der Waals surface area contributed by atoms with Crippen molar-refractivity contribution < 1.29 is 33.8 Å². The van der Waals surface area contributed by atoms with Gasteiger partial charge in [0, 0.05) is 34.9 Å². The SMILES string of the molecule is COc1ccc2c(ccc(/C=C/c3cc(OC)c(O)c(-c4cc(C=O)cc(OC)c4O)c3)[n+]2CCN)c1. The smallest absolute Gasteiger partial charge is 0.213 e. The molecule has 0 spiro atoms. The molecular weight excluding hydrogens is 472 g/mol. The lowest BCUT2D eigenvalue weighted by atomic mass is 9.97. The lowest BCUT2D eigenvalue weighted by molar-refractivity contribution is -0.670. The topological polar surface area (TPSA) is 115 Å². The fraction of sp³-hybridized carbons (Fsp3) is 0.172. The van der Waals surface area contributed by atoms with Gasteiger partial charge in [-0.2, -0.15) is 4.57 Å². The van der Waals surface area contributed by atoms with Crippen LogP contribution in [0.3, 0.4) is 0 Å². The van der Waals surface area contributed by atoms with E-state index in [2.05, 4.69) is 4.57 Å². The molecule has 4 rings (SSSR count). The summed E-state index contributed by atoms with van der Waals surface area (Å²) < 4.78 is 18.1. The van der Waals surface area contributed by atoms with Crippen molar-refractivity contribution in [2.24, 2.45) is 5.73 Å². The van der Waals surface area contributed by atoms with Crippen molar-refractivity contribution in [3.63, 3.8) is 0 Å². The first-order valence-electron chi connectivity index (χ1n) is 11.6. The molecule has 0 aliphatic rings. The summed E-state index contributed by atoms with van der Waals surface area (Å²) in [6, 6.07) is 16.2. The Bertz CT molecular complexity index is 1500. The second kappa shape index (κ2) is 11.0. The van der Waals surface area contributed by atoms with E-state index in [4.69, 9.17) is 19.9 Å². The average Bonchev–Trinajstić information content (AvgIpc) is 2.93.